The quantitative estimate of drug-likeness (QED) is 0.737. The Hall–Kier alpha value is -0.610. The molecule has 2 fully saturated rings. The van der Waals surface area contributed by atoms with E-state index in [2.05, 4.69) is 18.9 Å². The number of rotatable bonds is 1. The molecule has 1 atom stereocenters. The zero-order valence-corrected chi connectivity index (χ0v) is 11.1. The number of hydrogen-bond acceptors (Lipinski definition) is 3. The SMILES string of the molecule is CC1CN(C)CCN1C(=O)C1(N)CCCCC1. The Balaban J connectivity index is 2.03. The van der Waals surface area contributed by atoms with Crippen molar-refractivity contribution in [3.63, 3.8) is 0 Å². The summed E-state index contributed by atoms with van der Waals surface area (Å²) >= 11 is 0. The van der Waals surface area contributed by atoms with E-state index >= 15 is 0 Å². The monoisotopic (exact) mass is 239 g/mol. The molecule has 0 bridgehead atoms. The number of nitrogens with two attached hydrogens (primary N) is 1. The van der Waals surface area contributed by atoms with Gasteiger partial charge in [0, 0.05) is 25.7 Å². The van der Waals surface area contributed by atoms with Gasteiger partial charge >= 0.3 is 0 Å². The van der Waals surface area contributed by atoms with E-state index < -0.39 is 5.54 Å². The van der Waals surface area contributed by atoms with Gasteiger partial charge in [-0.25, -0.2) is 0 Å². The highest BCUT2D eigenvalue weighted by Crippen LogP contribution is 2.28. The highest BCUT2D eigenvalue weighted by molar-refractivity contribution is 5.86. The Bertz CT molecular complexity index is 286. The Labute approximate surface area is 104 Å². The van der Waals surface area contributed by atoms with Crippen molar-refractivity contribution < 1.29 is 4.79 Å². The molecule has 0 spiro atoms. The van der Waals surface area contributed by atoms with Crippen LogP contribution in [0.25, 0.3) is 0 Å². The van der Waals surface area contributed by atoms with Crippen LogP contribution in [0.1, 0.15) is 39.0 Å². The molecular formula is C13H25N3O. The molecule has 0 aromatic rings. The molecule has 98 valence electrons. The van der Waals surface area contributed by atoms with Crippen LogP contribution in [-0.2, 0) is 4.79 Å². The average Bonchev–Trinajstić information content (AvgIpc) is 2.29. The van der Waals surface area contributed by atoms with Crippen molar-refractivity contribution in [2.45, 2.75) is 50.6 Å². The molecule has 1 amide bonds. The van der Waals surface area contributed by atoms with Gasteiger partial charge in [0.25, 0.3) is 0 Å². The maximum absolute atomic E-state index is 12.6. The molecule has 1 saturated heterocycles. The van der Waals surface area contributed by atoms with Gasteiger partial charge in [-0.05, 0) is 26.8 Å². The number of likely N-dealkylation sites (N-methyl/N-ethyl adjacent to an activating group) is 1. The maximum atomic E-state index is 12.6. The minimum absolute atomic E-state index is 0.192. The summed E-state index contributed by atoms with van der Waals surface area (Å²) in [7, 11) is 2.11. The molecule has 1 heterocycles. The third-order valence-electron chi connectivity index (χ3n) is 4.26. The van der Waals surface area contributed by atoms with Crippen molar-refractivity contribution in [3.8, 4) is 0 Å². The first-order chi connectivity index (χ1) is 8.03. The lowest BCUT2D eigenvalue weighted by molar-refractivity contribution is -0.142. The lowest BCUT2D eigenvalue weighted by Gasteiger charge is -2.43. The molecule has 4 nitrogen and oxygen atoms in total. The summed E-state index contributed by atoms with van der Waals surface area (Å²) in [6.45, 7) is 4.88. The lowest BCUT2D eigenvalue weighted by Crippen LogP contribution is -2.62. The van der Waals surface area contributed by atoms with Crippen LogP contribution in [0.4, 0.5) is 0 Å². The van der Waals surface area contributed by atoms with Crippen LogP contribution >= 0.6 is 0 Å². The molecule has 1 saturated carbocycles. The summed E-state index contributed by atoms with van der Waals surface area (Å²) in [5, 5.41) is 0. The summed E-state index contributed by atoms with van der Waals surface area (Å²) in [6.07, 6.45) is 5.16. The highest BCUT2D eigenvalue weighted by Gasteiger charge is 2.40. The van der Waals surface area contributed by atoms with Gasteiger partial charge in [0.2, 0.25) is 5.91 Å². The first-order valence-electron chi connectivity index (χ1n) is 6.81. The van der Waals surface area contributed by atoms with Gasteiger partial charge in [-0.15, -0.1) is 0 Å². The second kappa shape index (κ2) is 4.94. The van der Waals surface area contributed by atoms with Crippen molar-refractivity contribution in [2.24, 2.45) is 5.73 Å². The zero-order valence-electron chi connectivity index (χ0n) is 11.1. The molecule has 17 heavy (non-hydrogen) atoms. The smallest absolute Gasteiger partial charge is 0.242 e. The van der Waals surface area contributed by atoms with E-state index in [-0.39, 0.29) is 5.91 Å². The van der Waals surface area contributed by atoms with Crippen LogP contribution in [0, 0.1) is 0 Å². The van der Waals surface area contributed by atoms with E-state index in [0.29, 0.717) is 6.04 Å². The first-order valence-corrected chi connectivity index (χ1v) is 6.81. The maximum Gasteiger partial charge on any atom is 0.242 e. The molecule has 4 heteroatoms. The molecule has 0 radical (unpaired) electrons. The Morgan fingerprint density at radius 2 is 1.88 bits per heavy atom. The number of carbonyl (C=O) groups excluding carboxylic acids is 1. The standard InChI is InChI=1S/C13H25N3O/c1-11-10-15(2)8-9-16(11)12(17)13(14)6-4-3-5-7-13/h11H,3-10,14H2,1-2H3. The fraction of sp³-hybridized carbons (Fsp3) is 0.923. The van der Waals surface area contributed by atoms with Gasteiger partial charge in [-0.2, -0.15) is 0 Å². The van der Waals surface area contributed by atoms with Gasteiger partial charge in [0.05, 0.1) is 5.54 Å². The Morgan fingerprint density at radius 1 is 1.24 bits per heavy atom. The Kier molecular flexibility index (Phi) is 3.73. The number of nitrogens with zero attached hydrogens (tertiary/aromatic N) is 2. The highest BCUT2D eigenvalue weighted by atomic mass is 16.2. The summed E-state index contributed by atoms with van der Waals surface area (Å²) < 4.78 is 0. The van der Waals surface area contributed by atoms with Gasteiger partial charge < -0.3 is 15.5 Å². The zero-order chi connectivity index (χ0) is 12.5. The molecule has 2 N–H and O–H groups in total. The van der Waals surface area contributed by atoms with Crippen molar-refractivity contribution >= 4 is 5.91 Å². The molecule has 1 unspecified atom stereocenters. The number of amides is 1. The van der Waals surface area contributed by atoms with Crippen molar-refractivity contribution in [3.05, 3.63) is 0 Å². The van der Waals surface area contributed by atoms with Crippen molar-refractivity contribution in [1.82, 2.24) is 9.80 Å². The molecule has 2 aliphatic rings. The van der Waals surface area contributed by atoms with E-state index in [1.165, 1.54) is 6.42 Å². The summed E-state index contributed by atoms with van der Waals surface area (Å²) in [5.41, 5.74) is 5.76. The average molecular weight is 239 g/mol. The minimum Gasteiger partial charge on any atom is -0.336 e. The van der Waals surface area contributed by atoms with E-state index in [1.54, 1.807) is 0 Å². The molecule has 0 aromatic heterocycles. The topological polar surface area (TPSA) is 49.6 Å². The summed E-state index contributed by atoms with van der Waals surface area (Å²) in [5.74, 6) is 0.192. The van der Waals surface area contributed by atoms with E-state index in [0.717, 1.165) is 45.3 Å². The van der Waals surface area contributed by atoms with Crippen LogP contribution < -0.4 is 5.73 Å². The first kappa shape index (κ1) is 12.8. The molecule has 1 aliphatic carbocycles. The normalized spacial score (nSPS) is 30.3. The van der Waals surface area contributed by atoms with Gasteiger partial charge in [-0.3, -0.25) is 4.79 Å². The third-order valence-corrected chi connectivity index (χ3v) is 4.26. The van der Waals surface area contributed by atoms with Crippen molar-refractivity contribution in [1.29, 1.82) is 0 Å². The largest absolute Gasteiger partial charge is 0.336 e. The van der Waals surface area contributed by atoms with Crippen LogP contribution in [-0.4, -0.2) is 54.0 Å². The van der Waals surface area contributed by atoms with Crippen LogP contribution in [0.2, 0.25) is 0 Å². The predicted octanol–water partition coefficient (Wildman–Crippen LogP) is 0.811. The van der Waals surface area contributed by atoms with Crippen LogP contribution in [0.5, 0.6) is 0 Å². The lowest BCUT2D eigenvalue weighted by atomic mass is 9.81. The predicted molar refractivity (Wildman–Crippen MR) is 68.7 cm³/mol. The van der Waals surface area contributed by atoms with E-state index in [1.807, 2.05) is 4.90 Å². The van der Waals surface area contributed by atoms with Crippen LogP contribution in [0.15, 0.2) is 0 Å². The third kappa shape index (κ3) is 2.63. The fourth-order valence-corrected chi connectivity index (χ4v) is 3.12. The van der Waals surface area contributed by atoms with Gasteiger partial charge in [-0.1, -0.05) is 19.3 Å². The second-order valence-corrected chi connectivity index (χ2v) is 5.83. The van der Waals surface area contributed by atoms with E-state index in [4.69, 9.17) is 5.73 Å². The molecule has 1 aliphatic heterocycles. The molecular weight excluding hydrogens is 214 g/mol. The number of carbonyl (C=O) groups is 1. The number of hydrogen-bond donors (Lipinski definition) is 1. The summed E-state index contributed by atoms with van der Waals surface area (Å²) in [6, 6.07) is 0.295. The molecule has 2 rings (SSSR count). The molecule has 0 aromatic carbocycles. The van der Waals surface area contributed by atoms with Gasteiger partial charge in [0.15, 0.2) is 0 Å². The van der Waals surface area contributed by atoms with E-state index in [9.17, 15) is 4.79 Å². The van der Waals surface area contributed by atoms with Gasteiger partial charge in [0.1, 0.15) is 0 Å². The second-order valence-electron chi connectivity index (χ2n) is 5.83. The van der Waals surface area contributed by atoms with Crippen LogP contribution in [0.3, 0.4) is 0 Å². The minimum atomic E-state index is -0.567. The Morgan fingerprint density at radius 3 is 2.47 bits per heavy atom. The number of piperazine rings is 1. The summed E-state index contributed by atoms with van der Waals surface area (Å²) in [4.78, 5) is 16.9. The van der Waals surface area contributed by atoms with Crippen molar-refractivity contribution in [2.75, 3.05) is 26.7 Å². The fourth-order valence-electron chi connectivity index (χ4n) is 3.12.